The van der Waals surface area contributed by atoms with Gasteiger partial charge >= 0.3 is 0 Å². The average Bonchev–Trinajstić information content (AvgIpc) is 2.49. The van der Waals surface area contributed by atoms with Gasteiger partial charge in [0.1, 0.15) is 0 Å². The molecule has 1 aliphatic rings. The molecule has 1 heterocycles. The SMILES string of the molecule is CC(C)CN1CCC(CC(C)C(C)(C)O)C1. The smallest absolute Gasteiger partial charge is 0.0617 e. The zero-order chi connectivity index (χ0) is 12.3. The Morgan fingerprint density at radius 2 is 1.94 bits per heavy atom. The maximum absolute atomic E-state index is 9.94. The van der Waals surface area contributed by atoms with Crippen LogP contribution in [0.3, 0.4) is 0 Å². The zero-order valence-electron chi connectivity index (χ0n) is 11.7. The van der Waals surface area contributed by atoms with Gasteiger partial charge in [-0.15, -0.1) is 0 Å². The maximum atomic E-state index is 9.94. The molecule has 16 heavy (non-hydrogen) atoms. The summed E-state index contributed by atoms with van der Waals surface area (Å²) < 4.78 is 0. The highest BCUT2D eigenvalue weighted by Crippen LogP contribution is 2.29. The first kappa shape index (κ1) is 14.0. The third-order valence-corrected chi connectivity index (χ3v) is 3.89. The van der Waals surface area contributed by atoms with Crippen LogP contribution in [0, 0.1) is 17.8 Å². The van der Waals surface area contributed by atoms with Crippen molar-refractivity contribution in [2.45, 2.75) is 53.1 Å². The second-order valence-electron chi connectivity index (χ2n) is 6.60. The lowest BCUT2D eigenvalue weighted by Crippen LogP contribution is -2.31. The summed E-state index contributed by atoms with van der Waals surface area (Å²) in [6.07, 6.45) is 2.48. The highest BCUT2D eigenvalue weighted by molar-refractivity contribution is 4.82. The Morgan fingerprint density at radius 3 is 2.44 bits per heavy atom. The predicted octanol–water partition coefficient (Wildman–Crippen LogP) is 2.76. The first-order valence-electron chi connectivity index (χ1n) is 6.73. The van der Waals surface area contributed by atoms with Gasteiger partial charge in [0, 0.05) is 13.1 Å². The van der Waals surface area contributed by atoms with Crippen molar-refractivity contribution in [3.63, 3.8) is 0 Å². The summed E-state index contributed by atoms with van der Waals surface area (Å²) in [6.45, 7) is 14.3. The first-order valence-corrected chi connectivity index (χ1v) is 6.73. The summed E-state index contributed by atoms with van der Waals surface area (Å²) in [5.74, 6) is 1.96. The van der Waals surface area contributed by atoms with E-state index in [9.17, 15) is 5.11 Å². The number of aliphatic hydroxyl groups is 1. The molecule has 2 unspecified atom stereocenters. The maximum Gasteiger partial charge on any atom is 0.0617 e. The molecule has 0 bridgehead atoms. The van der Waals surface area contributed by atoms with Gasteiger partial charge in [-0.05, 0) is 51.0 Å². The summed E-state index contributed by atoms with van der Waals surface area (Å²) in [5.41, 5.74) is -0.522. The van der Waals surface area contributed by atoms with Gasteiger partial charge in [0.25, 0.3) is 0 Å². The number of likely N-dealkylation sites (tertiary alicyclic amines) is 1. The van der Waals surface area contributed by atoms with Crippen LogP contribution in [0.4, 0.5) is 0 Å². The number of hydrogen-bond donors (Lipinski definition) is 1. The molecule has 2 nitrogen and oxygen atoms in total. The van der Waals surface area contributed by atoms with Crippen LogP contribution in [-0.2, 0) is 0 Å². The second kappa shape index (κ2) is 5.50. The molecule has 0 aliphatic carbocycles. The molecule has 1 aliphatic heterocycles. The van der Waals surface area contributed by atoms with Crippen LogP contribution in [0.1, 0.15) is 47.5 Å². The molecular formula is C14H29NO. The molecular weight excluding hydrogens is 198 g/mol. The molecule has 1 fully saturated rings. The lowest BCUT2D eigenvalue weighted by atomic mass is 9.84. The number of hydrogen-bond acceptors (Lipinski definition) is 2. The van der Waals surface area contributed by atoms with Crippen LogP contribution in [0.2, 0.25) is 0 Å². The highest BCUT2D eigenvalue weighted by Gasteiger charge is 2.29. The molecule has 0 spiro atoms. The Morgan fingerprint density at radius 1 is 1.31 bits per heavy atom. The summed E-state index contributed by atoms with van der Waals surface area (Å²) in [5, 5.41) is 9.94. The second-order valence-corrected chi connectivity index (χ2v) is 6.60. The van der Waals surface area contributed by atoms with E-state index in [0.29, 0.717) is 5.92 Å². The summed E-state index contributed by atoms with van der Waals surface area (Å²) in [4.78, 5) is 2.58. The van der Waals surface area contributed by atoms with E-state index >= 15 is 0 Å². The molecule has 1 N–H and O–H groups in total. The molecule has 0 aromatic carbocycles. The van der Waals surface area contributed by atoms with Crippen LogP contribution < -0.4 is 0 Å². The Hall–Kier alpha value is -0.0800. The minimum Gasteiger partial charge on any atom is -0.390 e. The molecule has 1 rings (SSSR count). The molecule has 96 valence electrons. The van der Waals surface area contributed by atoms with Crippen molar-refractivity contribution >= 4 is 0 Å². The first-order chi connectivity index (χ1) is 7.29. The molecule has 0 aromatic rings. The summed E-state index contributed by atoms with van der Waals surface area (Å²) in [7, 11) is 0. The van der Waals surface area contributed by atoms with Gasteiger partial charge in [-0.2, -0.15) is 0 Å². The van der Waals surface area contributed by atoms with Crippen molar-refractivity contribution in [3.05, 3.63) is 0 Å². The fourth-order valence-electron chi connectivity index (χ4n) is 2.58. The lowest BCUT2D eigenvalue weighted by Gasteiger charge is -2.28. The van der Waals surface area contributed by atoms with Crippen molar-refractivity contribution in [3.8, 4) is 0 Å². The molecule has 0 radical (unpaired) electrons. The van der Waals surface area contributed by atoms with E-state index in [1.807, 2.05) is 13.8 Å². The van der Waals surface area contributed by atoms with Crippen LogP contribution in [0.25, 0.3) is 0 Å². The fraction of sp³-hybridized carbons (Fsp3) is 1.00. The van der Waals surface area contributed by atoms with Crippen LogP contribution >= 0.6 is 0 Å². The molecule has 0 aromatic heterocycles. The van der Waals surface area contributed by atoms with Crippen molar-refractivity contribution in [1.82, 2.24) is 4.90 Å². The van der Waals surface area contributed by atoms with E-state index in [1.165, 1.54) is 26.1 Å². The summed E-state index contributed by atoms with van der Waals surface area (Å²) in [6, 6.07) is 0. The van der Waals surface area contributed by atoms with Gasteiger partial charge in [-0.3, -0.25) is 0 Å². The van der Waals surface area contributed by atoms with E-state index in [2.05, 4.69) is 25.7 Å². The Kier molecular flexibility index (Phi) is 4.81. The topological polar surface area (TPSA) is 23.5 Å². The Balaban J connectivity index is 2.31. The normalized spacial score (nSPS) is 25.3. The molecule has 0 amide bonds. The van der Waals surface area contributed by atoms with Gasteiger partial charge in [0.15, 0.2) is 0 Å². The largest absolute Gasteiger partial charge is 0.390 e. The van der Waals surface area contributed by atoms with Crippen molar-refractivity contribution in [1.29, 1.82) is 0 Å². The summed E-state index contributed by atoms with van der Waals surface area (Å²) >= 11 is 0. The highest BCUT2D eigenvalue weighted by atomic mass is 16.3. The van der Waals surface area contributed by atoms with E-state index in [1.54, 1.807) is 0 Å². The van der Waals surface area contributed by atoms with Crippen molar-refractivity contribution in [2.75, 3.05) is 19.6 Å². The predicted molar refractivity (Wildman–Crippen MR) is 69.5 cm³/mol. The Bertz CT molecular complexity index is 207. The van der Waals surface area contributed by atoms with Gasteiger partial charge in [-0.1, -0.05) is 20.8 Å². The van der Waals surface area contributed by atoms with E-state index in [-0.39, 0.29) is 0 Å². The molecule has 0 saturated carbocycles. The molecule has 1 saturated heterocycles. The molecule has 2 heteroatoms. The fourth-order valence-corrected chi connectivity index (χ4v) is 2.58. The third kappa shape index (κ3) is 4.42. The Labute approximate surface area is 101 Å². The average molecular weight is 227 g/mol. The lowest BCUT2D eigenvalue weighted by molar-refractivity contribution is 0.0148. The minimum absolute atomic E-state index is 0.400. The van der Waals surface area contributed by atoms with E-state index in [4.69, 9.17) is 0 Å². The van der Waals surface area contributed by atoms with Gasteiger partial charge in [0.05, 0.1) is 5.60 Å². The van der Waals surface area contributed by atoms with Crippen LogP contribution in [-0.4, -0.2) is 35.2 Å². The van der Waals surface area contributed by atoms with Gasteiger partial charge in [0.2, 0.25) is 0 Å². The minimum atomic E-state index is -0.522. The van der Waals surface area contributed by atoms with Gasteiger partial charge < -0.3 is 10.0 Å². The standard InChI is InChI=1S/C14H29NO/c1-11(2)9-15-7-6-13(10-15)8-12(3)14(4,5)16/h11-13,16H,6-10H2,1-5H3. The third-order valence-electron chi connectivity index (χ3n) is 3.89. The molecule has 2 atom stereocenters. The quantitative estimate of drug-likeness (QED) is 0.780. The van der Waals surface area contributed by atoms with Crippen molar-refractivity contribution < 1.29 is 5.11 Å². The monoisotopic (exact) mass is 227 g/mol. The zero-order valence-corrected chi connectivity index (χ0v) is 11.7. The van der Waals surface area contributed by atoms with Crippen molar-refractivity contribution in [2.24, 2.45) is 17.8 Å². The van der Waals surface area contributed by atoms with E-state index in [0.717, 1.165) is 18.3 Å². The number of nitrogens with zero attached hydrogens (tertiary/aromatic N) is 1. The van der Waals surface area contributed by atoms with Crippen LogP contribution in [0.15, 0.2) is 0 Å². The van der Waals surface area contributed by atoms with Crippen LogP contribution in [0.5, 0.6) is 0 Å². The number of rotatable bonds is 5. The van der Waals surface area contributed by atoms with E-state index < -0.39 is 5.60 Å². The van der Waals surface area contributed by atoms with Gasteiger partial charge in [-0.25, -0.2) is 0 Å².